The molecule has 3 aliphatic carbocycles. The van der Waals surface area contributed by atoms with Crippen molar-refractivity contribution in [2.75, 3.05) is 0 Å². The van der Waals surface area contributed by atoms with Crippen molar-refractivity contribution in [3.63, 3.8) is 0 Å². The second-order valence-corrected chi connectivity index (χ2v) is 5.30. The molecule has 0 atom stereocenters. The molecule has 1 heterocycles. The Balaban J connectivity index is 1.93. The van der Waals surface area contributed by atoms with Crippen molar-refractivity contribution < 1.29 is 9.90 Å². The molecule has 4 aliphatic rings. The van der Waals surface area contributed by atoms with Gasteiger partial charge >= 0.3 is 5.97 Å². The van der Waals surface area contributed by atoms with Gasteiger partial charge in [-0.2, -0.15) is 0 Å². The quantitative estimate of drug-likeness (QED) is 0.681. The minimum absolute atomic E-state index is 0.425. The molecule has 0 aromatic carbocycles. The maximum Gasteiger partial charge on any atom is 0.331 e. The Morgan fingerprint density at radius 2 is 2.15 bits per heavy atom. The van der Waals surface area contributed by atoms with Gasteiger partial charge in [0.1, 0.15) is 0 Å². The van der Waals surface area contributed by atoms with Crippen LogP contribution in [0.1, 0.15) is 19.3 Å². The van der Waals surface area contributed by atoms with Crippen LogP contribution < -0.4 is 10.9 Å². The molecule has 0 amide bonds. The lowest BCUT2D eigenvalue weighted by molar-refractivity contribution is -0.132. The summed E-state index contributed by atoms with van der Waals surface area (Å²) in [5.74, 6) is -0.852. The van der Waals surface area contributed by atoms with Crippen molar-refractivity contribution >= 4 is 5.97 Å². The summed E-state index contributed by atoms with van der Waals surface area (Å²) >= 11 is 0. The molecule has 20 heavy (non-hydrogen) atoms. The molecule has 100 valence electrons. The summed E-state index contributed by atoms with van der Waals surface area (Å²) in [6.45, 7) is 0. The maximum atomic E-state index is 11.2. The summed E-state index contributed by atoms with van der Waals surface area (Å²) in [5.41, 5.74) is 13.4. The van der Waals surface area contributed by atoms with Gasteiger partial charge in [0.05, 0.1) is 5.70 Å². The first-order valence-corrected chi connectivity index (χ1v) is 6.76. The Kier molecular flexibility index (Phi) is 2.27. The number of rotatable bonds is 1. The zero-order valence-electron chi connectivity index (χ0n) is 10.9. The fourth-order valence-electron chi connectivity index (χ4n) is 3.13. The number of carboxylic acids is 1. The third-order valence-electron chi connectivity index (χ3n) is 4.09. The summed E-state index contributed by atoms with van der Waals surface area (Å²) in [7, 11) is 0. The molecular weight excluding hydrogens is 252 g/mol. The first-order chi connectivity index (χ1) is 9.74. The SMILES string of the molecule is O=C(O)C1=CC2=CC=C3CCC=CC3=C3NNC(=C23)C1. The van der Waals surface area contributed by atoms with Gasteiger partial charge in [0.25, 0.3) is 0 Å². The van der Waals surface area contributed by atoms with Gasteiger partial charge in [0, 0.05) is 28.8 Å². The van der Waals surface area contributed by atoms with Gasteiger partial charge in [-0.15, -0.1) is 0 Å². The topological polar surface area (TPSA) is 61.4 Å². The standard InChI is InChI=1S/C16H14N2O2/c19-16(20)11-7-10-6-5-9-3-1-2-4-12(9)15-14(10)13(8-11)17-18-15/h2,4-7,17-18H,1,3,8H2,(H,19,20). The lowest BCUT2D eigenvalue weighted by Crippen LogP contribution is -2.24. The van der Waals surface area contributed by atoms with E-state index in [0.29, 0.717) is 12.0 Å². The minimum Gasteiger partial charge on any atom is -0.478 e. The van der Waals surface area contributed by atoms with Crippen molar-refractivity contribution in [3.05, 3.63) is 69.6 Å². The number of aliphatic carboxylic acids is 1. The molecule has 4 rings (SSSR count). The Hall–Kier alpha value is -2.49. The Bertz CT molecular complexity index is 715. The molecule has 0 unspecified atom stereocenters. The molecule has 1 aliphatic heterocycles. The van der Waals surface area contributed by atoms with Gasteiger partial charge in [0.2, 0.25) is 0 Å². The number of allylic oxidation sites excluding steroid dienone is 9. The Morgan fingerprint density at radius 1 is 1.25 bits per heavy atom. The zero-order chi connectivity index (χ0) is 13.7. The van der Waals surface area contributed by atoms with Crippen molar-refractivity contribution in [3.8, 4) is 0 Å². The van der Waals surface area contributed by atoms with Crippen LogP contribution in [0.2, 0.25) is 0 Å². The summed E-state index contributed by atoms with van der Waals surface area (Å²) < 4.78 is 0. The third-order valence-corrected chi connectivity index (χ3v) is 4.09. The second kappa shape index (κ2) is 4.00. The van der Waals surface area contributed by atoms with Crippen molar-refractivity contribution in [2.24, 2.45) is 0 Å². The summed E-state index contributed by atoms with van der Waals surface area (Å²) in [6, 6.07) is 0. The predicted octanol–water partition coefficient (Wildman–Crippen LogP) is 2.23. The predicted molar refractivity (Wildman–Crippen MR) is 75.2 cm³/mol. The second-order valence-electron chi connectivity index (χ2n) is 5.30. The van der Waals surface area contributed by atoms with E-state index in [0.717, 1.165) is 35.4 Å². The molecule has 4 nitrogen and oxygen atoms in total. The van der Waals surface area contributed by atoms with E-state index in [1.165, 1.54) is 11.1 Å². The van der Waals surface area contributed by atoms with E-state index in [9.17, 15) is 9.90 Å². The highest BCUT2D eigenvalue weighted by Gasteiger charge is 2.31. The van der Waals surface area contributed by atoms with E-state index in [1.807, 2.05) is 6.08 Å². The highest BCUT2D eigenvalue weighted by Crippen LogP contribution is 2.40. The molecule has 0 spiro atoms. The normalized spacial score (nSPS) is 22.9. The molecular formula is C16H14N2O2. The van der Waals surface area contributed by atoms with Crippen LogP contribution in [0.3, 0.4) is 0 Å². The van der Waals surface area contributed by atoms with E-state index in [-0.39, 0.29) is 0 Å². The van der Waals surface area contributed by atoms with E-state index in [2.05, 4.69) is 29.1 Å². The number of fused-ring (bicyclic) bond motifs is 1. The highest BCUT2D eigenvalue weighted by atomic mass is 16.4. The van der Waals surface area contributed by atoms with Gasteiger partial charge in [0.15, 0.2) is 0 Å². The number of carboxylic acid groups (broad SMARTS) is 1. The average molecular weight is 266 g/mol. The van der Waals surface area contributed by atoms with Crippen LogP contribution in [-0.4, -0.2) is 11.1 Å². The number of nitrogens with one attached hydrogen (secondary N) is 2. The molecule has 0 radical (unpaired) electrons. The molecule has 3 N–H and O–H groups in total. The minimum atomic E-state index is -0.852. The van der Waals surface area contributed by atoms with Gasteiger partial charge in [-0.05, 0) is 30.1 Å². The average Bonchev–Trinajstić information content (AvgIpc) is 2.81. The van der Waals surface area contributed by atoms with Crippen LogP contribution in [0, 0.1) is 0 Å². The van der Waals surface area contributed by atoms with Crippen molar-refractivity contribution in [1.29, 1.82) is 0 Å². The summed E-state index contributed by atoms with van der Waals surface area (Å²) in [4.78, 5) is 11.2. The zero-order valence-corrected chi connectivity index (χ0v) is 10.9. The first kappa shape index (κ1) is 11.3. The smallest absolute Gasteiger partial charge is 0.331 e. The van der Waals surface area contributed by atoms with Crippen LogP contribution in [-0.2, 0) is 4.79 Å². The first-order valence-electron chi connectivity index (χ1n) is 6.76. The molecule has 0 aromatic rings. The highest BCUT2D eigenvalue weighted by molar-refractivity contribution is 5.90. The number of carbonyl (C=O) groups is 1. The summed E-state index contributed by atoms with van der Waals surface area (Å²) in [6.07, 6.45) is 12.8. The van der Waals surface area contributed by atoms with Crippen LogP contribution in [0.15, 0.2) is 69.6 Å². The molecule has 0 bridgehead atoms. The van der Waals surface area contributed by atoms with Crippen LogP contribution in [0.5, 0.6) is 0 Å². The van der Waals surface area contributed by atoms with E-state index < -0.39 is 5.97 Å². The van der Waals surface area contributed by atoms with E-state index in [1.54, 1.807) is 6.08 Å². The Morgan fingerprint density at radius 3 is 3.00 bits per heavy atom. The van der Waals surface area contributed by atoms with Crippen molar-refractivity contribution in [1.82, 2.24) is 10.9 Å². The number of hydrogen-bond acceptors (Lipinski definition) is 3. The third kappa shape index (κ3) is 1.51. The maximum absolute atomic E-state index is 11.2. The molecule has 0 aromatic heterocycles. The van der Waals surface area contributed by atoms with Crippen LogP contribution >= 0.6 is 0 Å². The number of hydrazine groups is 1. The van der Waals surface area contributed by atoms with Gasteiger partial charge in [-0.1, -0.05) is 24.3 Å². The van der Waals surface area contributed by atoms with Gasteiger partial charge in [-0.3, -0.25) is 5.43 Å². The number of hydrogen-bond donors (Lipinski definition) is 3. The lowest BCUT2D eigenvalue weighted by atomic mass is 9.88. The van der Waals surface area contributed by atoms with E-state index >= 15 is 0 Å². The summed E-state index contributed by atoms with van der Waals surface area (Å²) in [5, 5.41) is 9.23. The largest absolute Gasteiger partial charge is 0.478 e. The van der Waals surface area contributed by atoms with Crippen LogP contribution in [0.25, 0.3) is 0 Å². The lowest BCUT2D eigenvalue weighted by Gasteiger charge is -2.16. The molecule has 4 heteroatoms. The molecule has 0 fully saturated rings. The molecule has 0 saturated carbocycles. The van der Waals surface area contributed by atoms with Crippen LogP contribution in [0.4, 0.5) is 0 Å². The monoisotopic (exact) mass is 266 g/mol. The van der Waals surface area contributed by atoms with Crippen molar-refractivity contribution in [2.45, 2.75) is 19.3 Å². The fourth-order valence-corrected chi connectivity index (χ4v) is 3.13. The van der Waals surface area contributed by atoms with Gasteiger partial charge in [-0.25, -0.2) is 4.79 Å². The van der Waals surface area contributed by atoms with Gasteiger partial charge < -0.3 is 10.5 Å². The van der Waals surface area contributed by atoms with E-state index in [4.69, 9.17) is 0 Å². The molecule has 0 saturated heterocycles. The fraction of sp³-hybridized carbons (Fsp3) is 0.188. The Labute approximate surface area is 116 Å².